The zero-order chi connectivity index (χ0) is 15.1. The van der Waals surface area contributed by atoms with Gasteiger partial charge in [-0.2, -0.15) is 0 Å². The first-order chi connectivity index (χ1) is 8.76. The molecule has 0 saturated heterocycles. The molecule has 0 aromatic rings. The summed E-state index contributed by atoms with van der Waals surface area (Å²) in [5, 5.41) is 11.8. The van der Waals surface area contributed by atoms with Crippen molar-refractivity contribution >= 4 is 12.0 Å². The summed E-state index contributed by atoms with van der Waals surface area (Å²) in [5.74, 6) is -1.01. The number of aliphatic carboxylic acids is 1. The van der Waals surface area contributed by atoms with E-state index in [-0.39, 0.29) is 6.03 Å². The van der Waals surface area contributed by atoms with Crippen LogP contribution >= 0.6 is 0 Å². The van der Waals surface area contributed by atoms with E-state index < -0.39 is 11.5 Å². The summed E-state index contributed by atoms with van der Waals surface area (Å²) in [5.41, 5.74) is -1.20. The summed E-state index contributed by atoms with van der Waals surface area (Å²) in [6.07, 6.45) is 1.22. The molecule has 0 rings (SSSR count). The quantitative estimate of drug-likeness (QED) is 0.697. The highest BCUT2D eigenvalue weighted by Crippen LogP contribution is 2.10. The first kappa shape index (κ1) is 17.7. The van der Waals surface area contributed by atoms with Gasteiger partial charge in [0.05, 0.1) is 0 Å². The zero-order valence-electron chi connectivity index (χ0n) is 12.7. The molecule has 2 amide bonds. The number of hydrogen-bond acceptors (Lipinski definition) is 3. The molecule has 2 N–H and O–H groups in total. The van der Waals surface area contributed by atoms with E-state index in [2.05, 4.69) is 10.2 Å². The number of nitrogens with one attached hydrogen (secondary N) is 1. The minimum Gasteiger partial charge on any atom is -0.480 e. The summed E-state index contributed by atoms with van der Waals surface area (Å²) >= 11 is 0. The number of amides is 2. The number of nitrogens with zero attached hydrogens (tertiary/aromatic N) is 2. The van der Waals surface area contributed by atoms with Crippen molar-refractivity contribution in [2.24, 2.45) is 0 Å². The van der Waals surface area contributed by atoms with Gasteiger partial charge in [0.2, 0.25) is 0 Å². The van der Waals surface area contributed by atoms with Gasteiger partial charge in [-0.25, -0.2) is 9.59 Å². The van der Waals surface area contributed by atoms with Crippen LogP contribution in [0.1, 0.15) is 33.6 Å². The van der Waals surface area contributed by atoms with Gasteiger partial charge in [-0.1, -0.05) is 6.92 Å². The van der Waals surface area contributed by atoms with Crippen LogP contribution in [0.4, 0.5) is 4.79 Å². The average molecular weight is 273 g/mol. The van der Waals surface area contributed by atoms with E-state index in [1.165, 1.54) is 6.92 Å². The predicted molar refractivity (Wildman–Crippen MR) is 75.3 cm³/mol. The third-order valence-corrected chi connectivity index (χ3v) is 3.26. The maximum Gasteiger partial charge on any atom is 0.329 e. The highest BCUT2D eigenvalue weighted by molar-refractivity contribution is 5.85. The lowest BCUT2D eigenvalue weighted by atomic mass is 10.00. The van der Waals surface area contributed by atoms with Crippen molar-refractivity contribution in [2.45, 2.75) is 39.2 Å². The second kappa shape index (κ2) is 7.99. The molecule has 0 bridgehead atoms. The Morgan fingerprint density at radius 1 is 1.21 bits per heavy atom. The number of carboxylic acid groups (broad SMARTS) is 1. The average Bonchev–Trinajstić information content (AvgIpc) is 2.33. The van der Waals surface area contributed by atoms with Crippen molar-refractivity contribution in [1.29, 1.82) is 0 Å². The monoisotopic (exact) mass is 273 g/mol. The second-order valence-electron chi connectivity index (χ2n) is 5.16. The first-order valence-corrected chi connectivity index (χ1v) is 6.72. The van der Waals surface area contributed by atoms with E-state index >= 15 is 0 Å². The molecule has 0 heterocycles. The fourth-order valence-corrected chi connectivity index (χ4v) is 1.59. The predicted octanol–water partition coefficient (Wildman–Crippen LogP) is 1.22. The Morgan fingerprint density at radius 3 is 2.16 bits per heavy atom. The van der Waals surface area contributed by atoms with E-state index in [1.54, 1.807) is 11.8 Å². The maximum atomic E-state index is 12.1. The molecule has 1 atom stereocenters. The highest BCUT2D eigenvalue weighted by atomic mass is 16.4. The largest absolute Gasteiger partial charge is 0.480 e. The molecular weight excluding hydrogens is 246 g/mol. The minimum atomic E-state index is -1.20. The van der Waals surface area contributed by atoms with Crippen molar-refractivity contribution in [1.82, 2.24) is 15.1 Å². The van der Waals surface area contributed by atoms with E-state index in [0.29, 0.717) is 19.5 Å². The molecular formula is C13H27N3O3. The second-order valence-corrected chi connectivity index (χ2v) is 5.16. The molecule has 0 spiro atoms. The highest BCUT2D eigenvalue weighted by Gasteiger charge is 2.33. The molecule has 1 unspecified atom stereocenters. The van der Waals surface area contributed by atoms with Crippen LogP contribution in [0.3, 0.4) is 0 Å². The number of carboxylic acids is 1. The van der Waals surface area contributed by atoms with Crippen LogP contribution in [0, 0.1) is 0 Å². The first-order valence-electron chi connectivity index (χ1n) is 6.72. The van der Waals surface area contributed by atoms with Crippen LogP contribution in [0.2, 0.25) is 0 Å². The SMILES string of the molecule is CCN(CCCN(C)C)C(=O)NC(C)(CC)C(=O)O. The molecule has 0 aromatic carbocycles. The lowest BCUT2D eigenvalue weighted by molar-refractivity contribution is -0.143. The summed E-state index contributed by atoms with van der Waals surface area (Å²) < 4.78 is 0. The molecule has 0 aliphatic rings. The Morgan fingerprint density at radius 2 is 1.79 bits per heavy atom. The molecule has 0 fully saturated rings. The molecule has 0 saturated carbocycles. The maximum absolute atomic E-state index is 12.1. The van der Waals surface area contributed by atoms with Crippen LogP contribution < -0.4 is 5.32 Å². The molecule has 0 aromatic heterocycles. The number of urea groups is 1. The standard InChI is InChI=1S/C13H27N3O3/c1-6-13(3,11(17)18)14-12(19)16(7-2)10-8-9-15(4)5/h6-10H2,1-5H3,(H,14,19)(H,17,18). The summed E-state index contributed by atoms with van der Waals surface area (Å²) in [4.78, 5) is 26.9. The van der Waals surface area contributed by atoms with Crippen LogP contribution in [0.15, 0.2) is 0 Å². The molecule has 6 nitrogen and oxygen atoms in total. The van der Waals surface area contributed by atoms with E-state index in [1.807, 2.05) is 21.0 Å². The minimum absolute atomic E-state index is 0.312. The smallest absolute Gasteiger partial charge is 0.329 e. The van der Waals surface area contributed by atoms with Gasteiger partial charge in [-0.15, -0.1) is 0 Å². The van der Waals surface area contributed by atoms with Crippen molar-refractivity contribution in [3.05, 3.63) is 0 Å². The van der Waals surface area contributed by atoms with Gasteiger partial charge in [0.15, 0.2) is 0 Å². The van der Waals surface area contributed by atoms with E-state index in [4.69, 9.17) is 5.11 Å². The summed E-state index contributed by atoms with van der Waals surface area (Å²) in [6, 6.07) is -0.312. The van der Waals surface area contributed by atoms with Gasteiger partial charge in [0.25, 0.3) is 0 Å². The topological polar surface area (TPSA) is 72.9 Å². The number of carbonyl (C=O) groups excluding carboxylic acids is 1. The van der Waals surface area contributed by atoms with Gasteiger partial charge in [-0.05, 0) is 47.3 Å². The Hall–Kier alpha value is -1.30. The molecule has 112 valence electrons. The lowest BCUT2D eigenvalue weighted by Gasteiger charge is -2.29. The Kier molecular flexibility index (Phi) is 7.44. The fourth-order valence-electron chi connectivity index (χ4n) is 1.59. The lowest BCUT2D eigenvalue weighted by Crippen LogP contribution is -2.56. The Labute approximate surface area is 115 Å². The van der Waals surface area contributed by atoms with Gasteiger partial charge < -0.3 is 20.2 Å². The van der Waals surface area contributed by atoms with Gasteiger partial charge in [0, 0.05) is 13.1 Å². The number of hydrogen-bond donors (Lipinski definition) is 2. The Balaban J connectivity index is 4.46. The van der Waals surface area contributed by atoms with Crippen molar-refractivity contribution < 1.29 is 14.7 Å². The van der Waals surface area contributed by atoms with Crippen molar-refractivity contribution in [3.8, 4) is 0 Å². The summed E-state index contributed by atoms with van der Waals surface area (Å²) in [6.45, 7) is 7.25. The van der Waals surface area contributed by atoms with Gasteiger partial charge in [-0.3, -0.25) is 0 Å². The molecule has 0 aliphatic heterocycles. The third kappa shape index (κ3) is 5.92. The van der Waals surface area contributed by atoms with Gasteiger partial charge in [0.1, 0.15) is 5.54 Å². The fraction of sp³-hybridized carbons (Fsp3) is 0.846. The molecule has 0 radical (unpaired) electrons. The zero-order valence-corrected chi connectivity index (χ0v) is 12.7. The van der Waals surface area contributed by atoms with Crippen LogP contribution in [0.5, 0.6) is 0 Å². The van der Waals surface area contributed by atoms with Crippen LogP contribution in [-0.4, -0.2) is 66.2 Å². The molecule has 0 aliphatic carbocycles. The molecule has 6 heteroatoms. The number of rotatable bonds is 8. The normalized spacial score (nSPS) is 14.0. The van der Waals surface area contributed by atoms with Crippen molar-refractivity contribution in [3.63, 3.8) is 0 Å². The summed E-state index contributed by atoms with van der Waals surface area (Å²) in [7, 11) is 3.96. The third-order valence-electron chi connectivity index (χ3n) is 3.26. The Bertz CT molecular complexity index is 308. The molecule has 19 heavy (non-hydrogen) atoms. The van der Waals surface area contributed by atoms with E-state index in [0.717, 1.165) is 13.0 Å². The van der Waals surface area contributed by atoms with Crippen LogP contribution in [0.25, 0.3) is 0 Å². The van der Waals surface area contributed by atoms with Gasteiger partial charge >= 0.3 is 12.0 Å². The van der Waals surface area contributed by atoms with Crippen LogP contribution in [-0.2, 0) is 4.79 Å². The van der Waals surface area contributed by atoms with E-state index in [9.17, 15) is 9.59 Å². The van der Waals surface area contributed by atoms with Crippen molar-refractivity contribution in [2.75, 3.05) is 33.7 Å². The number of carbonyl (C=O) groups is 2.